The van der Waals surface area contributed by atoms with Crippen molar-refractivity contribution in [2.45, 2.75) is 20.3 Å². The Bertz CT molecular complexity index is 337. The summed E-state index contributed by atoms with van der Waals surface area (Å²) in [6.07, 6.45) is 0.886. The molecule has 1 aromatic carbocycles. The molecule has 0 bridgehead atoms. The second-order valence-electron chi connectivity index (χ2n) is 3.84. The van der Waals surface area contributed by atoms with E-state index in [0.29, 0.717) is 11.7 Å². The van der Waals surface area contributed by atoms with Crippen molar-refractivity contribution in [2.75, 3.05) is 7.11 Å². The first-order valence-corrected chi connectivity index (χ1v) is 5.16. The molecule has 84 valence electrons. The number of rotatable bonds is 4. The van der Waals surface area contributed by atoms with E-state index in [1.54, 1.807) is 6.07 Å². The van der Waals surface area contributed by atoms with E-state index in [4.69, 9.17) is 8.92 Å². The third-order valence-electron chi connectivity index (χ3n) is 2.05. The van der Waals surface area contributed by atoms with E-state index in [0.717, 1.165) is 12.0 Å². The highest BCUT2D eigenvalue weighted by atomic mass is 32.1. The maximum absolute atomic E-state index is 9.66. The highest BCUT2D eigenvalue weighted by Crippen LogP contribution is 2.38. The smallest absolute Gasteiger partial charge is 0.220 e. The fourth-order valence-corrected chi connectivity index (χ4v) is 1.66. The van der Waals surface area contributed by atoms with E-state index in [-0.39, 0.29) is 11.5 Å². The first kappa shape index (κ1) is 12.0. The van der Waals surface area contributed by atoms with E-state index in [1.807, 2.05) is 6.07 Å². The first-order valence-electron chi connectivity index (χ1n) is 4.79. The van der Waals surface area contributed by atoms with Gasteiger partial charge in [-0.2, -0.15) is 0 Å². The first-order chi connectivity index (χ1) is 7.08. The Balaban J connectivity index is 3.08. The normalized spacial score (nSPS) is 10.5. The van der Waals surface area contributed by atoms with Crippen molar-refractivity contribution in [1.82, 2.24) is 0 Å². The van der Waals surface area contributed by atoms with Crippen LogP contribution >= 0.6 is 12.9 Å². The van der Waals surface area contributed by atoms with E-state index < -0.39 is 0 Å². The lowest BCUT2D eigenvalue weighted by molar-refractivity contribution is 0.384. The molecule has 0 aliphatic carbocycles. The van der Waals surface area contributed by atoms with Gasteiger partial charge in [0, 0.05) is 12.9 Å². The van der Waals surface area contributed by atoms with Gasteiger partial charge in [0.2, 0.25) is 5.75 Å². The summed E-state index contributed by atoms with van der Waals surface area (Å²) in [5.41, 5.74) is 1.02. The largest absolute Gasteiger partial charge is 0.504 e. The Morgan fingerprint density at radius 3 is 2.53 bits per heavy atom. The predicted octanol–water partition coefficient (Wildman–Crippen LogP) is 2.82. The minimum absolute atomic E-state index is 0.0556. The van der Waals surface area contributed by atoms with Gasteiger partial charge in [-0.1, -0.05) is 13.8 Å². The number of hydrogen-bond acceptors (Lipinski definition) is 4. The van der Waals surface area contributed by atoms with Crippen molar-refractivity contribution >= 4 is 12.9 Å². The monoisotopic (exact) mass is 228 g/mol. The van der Waals surface area contributed by atoms with Crippen LogP contribution in [-0.4, -0.2) is 12.2 Å². The lowest BCUT2D eigenvalue weighted by atomic mass is 10.0. The van der Waals surface area contributed by atoms with Gasteiger partial charge >= 0.3 is 0 Å². The molecule has 15 heavy (non-hydrogen) atoms. The van der Waals surface area contributed by atoms with Crippen molar-refractivity contribution in [2.24, 2.45) is 5.92 Å². The molecule has 1 N–H and O–H groups in total. The fourth-order valence-electron chi connectivity index (χ4n) is 1.48. The van der Waals surface area contributed by atoms with Crippen LogP contribution in [0.4, 0.5) is 0 Å². The Hall–Kier alpha value is -1.03. The second-order valence-corrected chi connectivity index (χ2v) is 4.02. The maximum atomic E-state index is 9.66. The van der Waals surface area contributed by atoms with Crippen molar-refractivity contribution < 1.29 is 14.0 Å². The molecular formula is C11H16O3S. The van der Waals surface area contributed by atoms with E-state index >= 15 is 0 Å². The number of phenols is 1. The van der Waals surface area contributed by atoms with Crippen molar-refractivity contribution in [3.8, 4) is 17.2 Å². The molecule has 0 atom stereocenters. The molecule has 0 aliphatic rings. The molecule has 1 rings (SSSR count). The number of phenolic OH excluding ortho intramolecular Hbond substituents is 1. The number of methoxy groups -OCH3 is 1. The zero-order valence-electron chi connectivity index (χ0n) is 9.15. The van der Waals surface area contributed by atoms with Crippen molar-refractivity contribution in [3.63, 3.8) is 0 Å². The summed E-state index contributed by atoms with van der Waals surface area (Å²) in [6.45, 7) is 4.24. The summed E-state index contributed by atoms with van der Waals surface area (Å²) in [4.78, 5) is 0. The average Bonchev–Trinajstić information content (AvgIpc) is 2.15. The summed E-state index contributed by atoms with van der Waals surface area (Å²) in [5.74, 6) is 1.34. The molecule has 0 heterocycles. The summed E-state index contributed by atoms with van der Waals surface area (Å²) in [7, 11) is 1.53. The van der Waals surface area contributed by atoms with Gasteiger partial charge in [-0.3, -0.25) is 0 Å². The standard InChI is InChI=1S/C11H16O3S/c1-7(2)4-8-5-9(12)11(14-15)10(6-8)13-3/h5-7,12,15H,4H2,1-3H3. The SMILES string of the molecule is COc1cc(CC(C)C)cc(O)c1OS. The number of hydrogen-bond donors (Lipinski definition) is 2. The lowest BCUT2D eigenvalue weighted by Crippen LogP contribution is -1.96. The van der Waals surface area contributed by atoms with Gasteiger partial charge in [0.05, 0.1) is 7.11 Å². The topological polar surface area (TPSA) is 38.7 Å². The van der Waals surface area contributed by atoms with Crippen LogP contribution in [0.2, 0.25) is 0 Å². The van der Waals surface area contributed by atoms with Crippen LogP contribution in [0.25, 0.3) is 0 Å². The number of ether oxygens (including phenoxy) is 1. The van der Waals surface area contributed by atoms with Crippen molar-refractivity contribution in [1.29, 1.82) is 0 Å². The summed E-state index contributed by atoms with van der Waals surface area (Å²) >= 11 is 3.67. The van der Waals surface area contributed by atoms with Crippen LogP contribution in [0.3, 0.4) is 0 Å². The van der Waals surface area contributed by atoms with E-state index in [9.17, 15) is 5.11 Å². The summed E-state index contributed by atoms with van der Waals surface area (Å²) in [5, 5.41) is 9.66. The van der Waals surface area contributed by atoms with Crippen molar-refractivity contribution in [3.05, 3.63) is 17.7 Å². The van der Waals surface area contributed by atoms with Crippen LogP contribution in [0.5, 0.6) is 17.2 Å². The minimum atomic E-state index is 0.0556. The van der Waals surface area contributed by atoms with Gasteiger partial charge in [0.1, 0.15) is 0 Å². The molecule has 0 amide bonds. The van der Waals surface area contributed by atoms with Crippen LogP contribution in [0.15, 0.2) is 12.1 Å². The third kappa shape index (κ3) is 2.96. The average molecular weight is 228 g/mol. The predicted molar refractivity (Wildman–Crippen MR) is 62.8 cm³/mol. The zero-order chi connectivity index (χ0) is 11.4. The Morgan fingerprint density at radius 2 is 2.07 bits per heavy atom. The molecule has 3 nitrogen and oxygen atoms in total. The zero-order valence-corrected chi connectivity index (χ0v) is 10.0. The number of aromatic hydroxyl groups is 1. The number of thiol groups is 1. The Morgan fingerprint density at radius 1 is 1.40 bits per heavy atom. The third-order valence-corrected chi connectivity index (χ3v) is 2.23. The van der Waals surface area contributed by atoms with Crippen LogP contribution in [-0.2, 0) is 6.42 Å². The highest BCUT2D eigenvalue weighted by Gasteiger charge is 2.12. The van der Waals surface area contributed by atoms with Gasteiger partial charge < -0.3 is 14.0 Å². The van der Waals surface area contributed by atoms with Gasteiger partial charge in [-0.05, 0) is 30.0 Å². The van der Waals surface area contributed by atoms with E-state index in [1.165, 1.54) is 7.11 Å². The van der Waals surface area contributed by atoms with E-state index in [2.05, 4.69) is 26.8 Å². The Kier molecular flexibility index (Phi) is 4.15. The second kappa shape index (κ2) is 5.16. The molecule has 1 aromatic rings. The molecule has 0 saturated heterocycles. The quantitative estimate of drug-likeness (QED) is 0.615. The molecule has 0 aromatic heterocycles. The summed E-state index contributed by atoms with van der Waals surface area (Å²) < 4.78 is 9.85. The minimum Gasteiger partial charge on any atom is -0.504 e. The molecule has 0 spiro atoms. The van der Waals surface area contributed by atoms with Gasteiger partial charge in [-0.25, -0.2) is 0 Å². The fraction of sp³-hybridized carbons (Fsp3) is 0.455. The van der Waals surface area contributed by atoms with Crippen LogP contribution in [0.1, 0.15) is 19.4 Å². The molecule has 0 radical (unpaired) electrons. The lowest BCUT2D eigenvalue weighted by Gasteiger charge is -2.11. The maximum Gasteiger partial charge on any atom is 0.220 e. The molecule has 4 heteroatoms. The van der Waals surface area contributed by atoms with Gasteiger partial charge in [0.15, 0.2) is 11.5 Å². The van der Waals surface area contributed by atoms with Crippen LogP contribution in [0, 0.1) is 5.92 Å². The number of benzene rings is 1. The van der Waals surface area contributed by atoms with Crippen LogP contribution < -0.4 is 8.92 Å². The van der Waals surface area contributed by atoms with Gasteiger partial charge in [0.25, 0.3) is 0 Å². The summed E-state index contributed by atoms with van der Waals surface area (Å²) in [6, 6.07) is 3.53. The molecule has 0 aliphatic heterocycles. The molecule has 0 saturated carbocycles. The molecule has 0 unspecified atom stereocenters. The highest BCUT2D eigenvalue weighted by molar-refractivity contribution is 7.75. The molecule has 0 fully saturated rings. The Labute approximate surface area is 95.6 Å². The van der Waals surface area contributed by atoms with Gasteiger partial charge in [-0.15, -0.1) is 0 Å². The molecular weight excluding hydrogens is 212 g/mol.